The first-order valence-electron chi connectivity index (χ1n) is 8.81. The zero-order valence-electron chi connectivity index (χ0n) is 15.1. The molecule has 2 heterocycles. The van der Waals surface area contributed by atoms with Crippen molar-refractivity contribution in [2.45, 2.75) is 18.4 Å². The second-order valence-corrected chi connectivity index (χ2v) is 8.82. The van der Waals surface area contributed by atoms with E-state index in [1.54, 1.807) is 0 Å². The third-order valence-corrected chi connectivity index (χ3v) is 6.84. The normalized spacial score (nSPS) is 20.0. The van der Waals surface area contributed by atoms with Crippen molar-refractivity contribution in [1.82, 2.24) is 15.1 Å². The van der Waals surface area contributed by atoms with Gasteiger partial charge < -0.3 is 10.2 Å². The van der Waals surface area contributed by atoms with Crippen LogP contribution in [0.3, 0.4) is 0 Å². The van der Waals surface area contributed by atoms with Crippen LogP contribution >= 0.6 is 59.8 Å². The van der Waals surface area contributed by atoms with E-state index in [2.05, 4.69) is 32.9 Å². The third-order valence-electron chi connectivity index (χ3n) is 5.16. The molecule has 0 aromatic heterocycles. The second-order valence-electron chi connectivity index (χ2n) is 6.78. The summed E-state index contributed by atoms with van der Waals surface area (Å²) in [6.45, 7) is 7.14. The van der Waals surface area contributed by atoms with E-state index in [1.807, 2.05) is 19.2 Å². The number of thioether (sulfide) groups is 1. The van der Waals surface area contributed by atoms with Gasteiger partial charge in [0.25, 0.3) is 0 Å². The highest BCUT2D eigenvalue weighted by Crippen LogP contribution is 2.29. The molecule has 0 bridgehead atoms. The Morgan fingerprint density at radius 1 is 1.15 bits per heavy atom. The van der Waals surface area contributed by atoms with Crippen LogP contribution in [0.1, 0.15) is 17.9 Å². The van der Waals surface area contributed by atoms with Crippen LogP contribution in [0.4, 0.5) is 0 Å². The zero-order chi connectivity index (χ0) is 16.9. The zero-order valence-corrected chi connectivity index (χ0v) is 19.1. The highest BCUT2D eigenvalue weighted by atomic mass is 35.5. The SMILES string of the molecule is CNCC(CCN1CC(N2CCSCC2)C1)c1ccc(Cl)c(Cl)c1.Cl.Cl. The van der Waals surface area contributed by atoms with Crippen molar-refractivity contribution in [2.75, 3.05) is 57.8 Å². The van der Waals surface area contributed by atoms with E-state index in [0.29, 0.717) is 16.0 Å². The topological polar surface area (TPSA) is 18.5 Å². The molecule has 1 N–H and O–H groups in total. The standard InChI is InChI=1S/C18H27Cl2N3S.2ClH/c1-21-11-15(14-2-3-17(19)18(20)10-14)4-5-22-12-16(13-22)23-6-8-24-9-7-23;;/h2-3,10,15-16,21H,4-9,11-13H2,1H3;2*1H. The Morgan fingerprint density at radius 2 is 1.85 bits per heavy atom. The highest BCUT2D eigenvalue weighted by molar-refractivity contribution is 7.99. The van der Waals surface area contributed by atoms with E-state index in [1.165, 1.54) is 43.2 Å². The van der Waals surface area contributed by atoms with Crippen LogP contribution in [0.25, 0.3) is 0 Å². The summed E-state index contributed by atoms with van der Waals surface area (Å²) in [5.74, 6) is 3.09. The number of hydrogen-bond acceptors (Lipinski definition) is 4. The summed E-state index contributed by atoms with van der Waals surface area (Å²) < 4.78 is 0. The summed E-state index contributed by atoms with van der Waals surface area (Å²) in [4.78, 5) is 5.27. The molecule has 0 saturated carbocycles. The predicted octanol–water partition coefficient (Wildman–Crippen LogP) is 4.26. The summed E-state index contributed by atoms with van der Waals surface area (Å²) in [6, 6.07) is 6.84. The summed E-state index contributed by atoms with van der Waals surface area (Å²) in [7, 11) is 2.01. The van der Waals surface area contributed by atoms with Crippen LogP contribution in [-0.2, 0) is 0 Å². The highest BCUT2D eigenvalue weighted by Gasteiger charge is 2.32. The van der Waals surface area contributed by atoms with Gasteiger partial charge in [0, 0.05) is 50.3 Å². The summed E-state index contributed by atoms with van der Waals surface area (Å²) in [6.07, 6.45) is 1.15. The van der Waals surface area contributed by atoms with Gasteiger partial charge >= 0.3 is 0 Å². The molecule has 26 heavy (non-hydrogen) atoms. The van der Waals surface area contributed by atoms with Crippen LogP contribution in [0, 0.1) is 0 Å². The van der Waals surface area contributed by atoms with Crippen LogP contribution < -0.4 is 5.32 Å². The molecule has 3 nitrogen and oxygen atoms in total. The Kier molecular flexibility index (Phi) is 11.6. The summed E-state index contributed by atoms with van der Waals surface area (Å²) in [5, 5.41) is 4.60. The fourth-order valence-electron chi connectivity index (χ4n) is 3.64. The number of rotatable bonds is 7. The Morgan fingerprint density at radius 3 is 2.46 bits per heavy atom. The van der Waals surface area contributed by atoms with Crippen LogP contribution in [0.2, 0.25) is 10.0 Å². The van der Waals surface area contributed by atoms with Crippen molar-refractivity contribution in [1.29, 1.82) is 0 Å². The van der Waals surface area contributed by atoms with Gasteiger partial charge in [-0.05, 0) is 43.6 Å². The number of nitrogens with one attached hydrogen (secondary N) is 1. The minimum Gasteiger partial charge on any atom is -0.319 e. The minimum absolute atomic E-state index is 0. The smallest absolute Gasteiger partial charge is 0.0595 e. The molecule has 0 aliphatic carbocycles. The second kappa shape index (κ2) is 12.2. The van der Waals surface area contributed by atoms with E-state index in [4.69, 9.17) is 23.2 Å². The average molecular weight is 461 g/mol. The van der Waals surface area contributed by atoms with Crippen molar-refractivity contribution >= 4 is 59.8 Å². The summed E-state index contributed by atoms with van der Waals surface area (Å²) >= 11 is 14.3. The largest absolute Gasteiger partial charge is 0.319 e. The van der Waals surface area contributed by atoms with Crippen molar-refractivity contribution in [3.05, 3.63) is 33.8 Å². The number of likely N-dealkylation sites (tertiary alicyclic amines) is 1. The minimum atomic E-state index is 0. The maximum atomic E-state index is 6.19. The molecule has 2 fully saturated rings. The molecule has 0 radical (unpaired) electrons. The predicted molar refractivity (Wildman–Crippen MR) is 121 cm³/mol. The van der Waals surface area contributed by atoms with E-state index in [0.717, 1.165) is 25.6 Å². The van der Waals surface area contributed by atoms with Crippen molar-refractivity contribution < 1.29 is 0 Å². The summed E-state index contributed by atoms with van der Waals surface area (Å²) in [5.41, 5.74) is 1.28. The molecular weight excluding hydrogens is 432 g/mol. The molecule has 0 amide bonds. The molecule has 2 saturated heterocycles. The Balaban J connectivity index is 0.00000169. The number of benzene rings is 1. The monoisotopic (exact) mass is 459 g/mol. The number of halogens is 4. The molecule has 1 aromatic rings. The van der Waals surface area contributed by atoms with E-state index < -0.39 is 0 Å². The maximum absolute atomic E-state index is 6.19. The first-order valence-corrected chi connectivity index (χ1v) is 10.7. The van der Waals surface area contributed by atoms with Gasteiger partial charge in [0.1, 0.15) is 0 Å². The Labute approximate surface area is 184 Å². The lowest BCUT2D eigenvalue weighted by molar-refractivity contribution is 0.0379. The molecule has 150 valence electrons. The van der Waals surface area contributed by atoms with E-state index >= 15 is 0 Å². The number of likely N-dealkylation sites (N-methyl/N-ethyl adjacent to an activating group) is 1. The van der Waals surface area contributed by atoms with Gasteiger partial charge in [-0.3, -0.25) is 4.90 Å². The van der Waals surface area contributed by atoms with Gasteiger partial charge in [0.05, 0.1) is 10.0 Å². The van der Waals surface area contributed by atoms with Gasteiger partial charge in [-0.1, -0.05) is 29.3 Å². The maximum Gasteiger partial charge on any atom is 0.0595 e. The van der Waals surface area contributed by atoms with E-state index in [-0.39, 0.29) is 24.8 Å². The third kappa shape index (κ3) is 6.59. The Bertz CT molecular complexity index is 537. The number of hydrogen-bond donors (Lipinski definition) is 1. The molecule has 2 aliphatic rings. The van der Waals surface area contributed by atoms with Crippen molar-refractivity contribution in [3.63, 3.8) is 0 Å². The molecule has 2 aliphatic heterocycles. The van der Waals surface area contributed by atoms with Gasteiger partial charge in [0.15, 0.2) is 0 Å². The fraction of sp³-hybridized carbons (Fsp3) is 0.667. The Hall–Kier alpha value is 0.610. The lowest BCUT2D eigenvalue weighted by Gasteiger charge is -2.47. The molecule has 8 heteroatoms. The molecule has 3 rings (SSSR count). The first-order chi connectivity index (χ1) is 11.7. The lowest BCUT2D eigenvalue weighted by Crippen LogP contribution is -2.60. The van der Waals surface area contributed by atoms with Crippen molar-refractivity contribution in [2.24, 2.45) is 0 Å². The quantitative estimate of drug-likeness (QED) is 0.654. The molecule has 1 aromatic carbocycles. The molecule has 1 unspecified atom stereocenters. The first kappa shape index (κ1) is 24.6. The lowest BCUT2D eigenvalue weighted by atomic mass is 9.94. The fourth-order valence-corrected chi connectivity index (χ4v) is 4.87. The van der Waals surface area contributed by atoms with Gasteiger partial charge in [-0.15, -0.1) is 24.8 Å². The van der Waals surface area contributed by atoms with Crippen LogP contribution in [0.5, 0.6) is 0 Å². The van der Waals surface area contributed by atoms with Gasteiger partial charge in [-0.2, -0.15) is 11.8 Å². The molecular formula is C18H29Cl4N3S. The van der Waals surface area contributed by atoms with Crippen LogP contribution in [-0.4, -0.2) is 73.7 Å². The van der Waals surface area contributed by atoms with Crippen LogP contribution in [0.15, 0.2) is 18.2 Å². The molecule has 1 atom stereocenters. The van der Waals surface area contributed by atoms with E-state index in [9.17, 15) is 0 Å². The number of nitrogens with zero attached hydrogens (tertiary/aromatic N) is 2. The molecule has 0 spiro atoms. The van der Waals surface area contributed by atoms with Gasteiger partial charge in [0.2, 0.25) is 0 Å². The van der Waals surface area contributed by atoms with Gasteiger partial charge in [-0.25, -0.2) is 0 Å². The average Bonchev–Trinajstić information content (AvgIpc) is 2.56. The van der Waals surface area contributed by atoms with Crippen molar-refractivity contribution in [3.8, 4) is 0 Å².